The largest absolute Gasteiger partial charge is 0.369 e. The molecular formula is C17H15FN6O. The molecule has 0 saturated heterocycles. The molecule has 0 bridgehead atoms. The van der Waals surface area contributed by atoms with Gasteiger partial charge in [-0.1, -0.05) is 30.3 Å². The molecule has 1 heterocycles. The van der Waals surface area contributed by atoms with Crippen molar-refractivity contribution in [2.45, 2.75) is 6.54 Å². The van der Waals surface area contributed by atoms with Crippen molar-refractivity contribution in [1.29, 1.82) is 0 Å². The van der Waals surface area contributed by atoms with E-state index in [4.69, 9.17) is 5.73 Å². The summed E-state index contributed by atoms with van der Waals surface area (Å²) < 4.78 is 13.0. The first-order valence-corrected chi connectivity index (χ1v) is 7.47. The number of hydrogen-bond acceptors (Lipinski definition) is 6. The molecule has 8 heteroatoms. The summed E-state index contributed by atoms with van der Waals surface area (Å²) >= 11 is 0. The number of aromatic amines is 1. The number of azo groups is 1. The van der Waals surface area contributed by atoms with Crippen LogP contribution in [-0.2, 0) is 6.54 Å². The number of H-pyrrole nitrogens is 1. The highest BCUT2D eigenvalue weighted by molar-refractivity contribution is 5.60. The van der Waals surface area contributed by atoms with Gasteiger partial charge in [0, 0.05) is 6.54 Å². The van der Waals surface area contributed by atoms with Gasteiger partial charge in [0.15, 0.2) is 11.5 Å². The molecule has 0 fully saturated rings. The third kappa shape index (κ3) is 4.25. The minimum Gasteiger partial charge on any atom is -0.369 e. The van der Waals surface area contributed by atoms with E-state index in [2.05, 4.69) is 25.5 Å². The highest BCUT2D eigenvalue weighted by Crippen LogP contribution is 2.22. The molecule has 7 nitrogen and oxygen atoms in total. The summed E-state index contributed by atoms with van der Waals surface area (Å²) in [5.74, 6) is -0.157. The molecule has 3 aromatic rings. The van der Waals surface area contributed by atoms with Crippen molar-refractivity contribution >= 4 is 23.1 Å². The van der Waals surface area contributed by atoms with Gasteiger partial charge in [-0.25, -0.2) is 4.39 Å². The smallest absolute Gasteiger partial charge is 0.282 e. The van der Waals surface area contributed by atoms with Crippen LogP contribution in [0, 0.1) is 5.82 Å². The van der Waals surface area contributed by atoms with Gasteiger partial charge in [-0.05, 0) is 29.8 Å². The van der Waals surface area contributed by atoms with Gasteiger partial charge in [0.05, 0.1) is 5.69 Å². The number of nitrogens with two attached hydrogens (primary N) is 1. The molecule has 4 N–H and O–H groups in total. The summed E-state index contributed by atoms with van der Waals surface area (Å²) in [5.41, 5.74) is 6.52. The van der Waals surface area contributed by atoms with E-state index in [-0.39, 0.29) is 23.3 Å². The zero-order valence-corrected chi connectivity index (χ0v) is 13.1. The fourth-order valence-electron chi connectivity index (χ4n) is 2.09. The second-order valence-electron chi connectivity index (χ2n) is 5.16. The van der Waals surface area contributed by atoms with Gasteiger partial charge in [0.2, 0.25) is 5.95 Å². The molecule has 25 heavy (non-hydrogen) atoms. The van der Waals surface area contributed by atoms with Crippen LogP contribution < -0.4 is 16.6 Å². The first-order valence-electron chi connectivity index (χ1n) is 7.47. The number of nitrogens with zero attached hydrogens (tertiary/aromatic N) is 3. The first-order chi connectivity index (χ1) is 12.1. The normalized spacial score (nSPS) is 10.9. The van der Waals surface area contributed by atoms with Gasteiger partial charge >= 0.3 is 0 Å². The van der Waals surface area contributed by atoms with Gasteiger partial charge in [-0.15, -0.1) is 5.11 Å². The van der Waals surface area contributed by atoms with Gasteiger partial charge in [-0.2, -0.15) is 10.1 Å². The summed E-state index contributed by atoms with van der Waals surface area (Å²) in [5, 5.41) is 11.0. The van der Waals surface area contributed by atoms with E-state index in [9.17, 15) is 9.18 Å². The molecule has 0 atom stereocenters. The van der Waals surface area contributed by atoms with Crippen molar-refractivity contribution in [3.63, 3.8) is 0 Å². The predicted octanol–water partition coefficient (Wildman–Crippen LogP) is 3.52. The summed E-state index contributed by atoms with van der Waals surface area (Å²) in [6.07, 6.45) is 0. The van der Waals surface area contributed by atoms with Crippen molar-refractivity contribution in [2.75, 3.05) is 11.1 Å². The fraction of sp³-hybridized carbons (Fsp3) is 0.0588. The highest BCUT2D eigenvalue weighted by atomic mass is 19.1. The number of hydrogen-bond donors (Lipinski definition) is 3. The maximum atomic E-state index is 13.0. The average molecular weight is 338 g/mol. The van der Waals surface area contributed by atoms with Crippen LogP contribution in [0.4, 0.5) is 27.5 Å². The number of anilines is 2. The lowest BCUT2D eigenvalue weighted by Gasteiger charge is -2.08. The minimum absolute atomic E-state index is 0.0140. The van der Waals surface area contributed by atoms with Gasteiger partial charge in [0.25, 0.3) is 5.56 Å². The number of nitrogen functional groups attached to an aromatic ring is 1. The summed E-state index contributed by atoms with van der Waals surface area (Å²) in [7, 11) is 0. The fourth-order valence-corrected chi connectivity index (χ4v) is 2.09. The molecule has 0 spiro atoms. The van der Waals surface area contributed by atoms with E-state index in [0.717, 1.165) is 5.56 Å². The summed E-state index contributed by atoms with van der Waals surface area (Å²) in [4.78, 5) is 18.6. The van der Waals surface area contributed by atoms with Crippen molar-refractivity contribution in [1.82, 2.24) is 9.97 Å². The molecule has 0 unspecified atom stereocenters. The Hall–Kier alpha value is -3.55. The third-order valence-corrected chi connectivity index (χ3v) is 3.31. The van der Waals surface area contributed by atoms with Crippen molar-refractivity contribution in [2.24, 2.45) is 10.2 Å². The molecular weight excluding hydrogens is 323 g/mol. The van der Waals surface area contributed by atoms with Crippen LogP contribution in [0.1, 0.15) is 5.56 Å². The molecule has 0 saturated carbocycles. The molecule has 2 aromatic carbocycles. The van der Waals surface area contributed by atoms with Gasteiger partial charge in [-0.3, -0.25) is 9.78 Å². The Bertz CT molecular complexity index is 938. The average Bonchev–Trinajstić information content (AvgIpc) is 2.61. The van der Waals surface area contributed by atoms with Crippen LogP contribution in [0.2, 0.25) is 0 Å². The molecule has 0 radical (unpaired) electrons. The van der Waals surface area contributed by atoms with Crippen LogP contribution in [0.25, 0.3) is 0 Å². The monoisotopic (exact) mass is 338 g/mol. The molecule has 1 aromatic heterocycles. The van der Waals surface area contributed by atoms with E-state index in [1.807, 2.05) is 18.2 Å². The number of halogens is 1. The Morgan fingerprint density at radius 2 is 1.80 bits per heavy atom. The standard InChI is InChI=1S/C17H15FN6O/c18-12-8-6-11(7-9-12)10-20-15-14(16(25)22-17(19)21-15)24-23-13-4-2-1-3-5-13/h1-9H,10H2,(H4,19,20,21,22,25). The molecule has 0 amide bonds. The van der Waals surface area contributed by atoms with E-state index >= 15 is 0 Å². The van der Waals surface area contributed by atoms with Gasteiger partial charge < -0.3 is 11.1 Å². The lowest BCUT2D eigenvalue weighted by atomic mass is 10.2. The second-order valence-corrected chi connectivity index (χ2v) is 5.16. The topological polar surface area (TPSA) is 109 Å². The van der Waals surface area contributed by atoms with Crippen molar-refractivity contribution in [3.05, 3.63) is 76.3 Å². The van der Waals surface area contributed by atoms with Crippen molar-refractivity contribution < 1.29 is 4.39 Å². The second kappa shape index (κ2) is 7.35. The Kier molecular flexibility index (Phi) is 4.79. The van der Waals surface area contributed by atoms with Crippen molar-refractivity contribution in [3.8, 4) is 0 Å². The lowest BCUT2D eigenvalue weighted by molar-refractivity contribution is 0.627. The predicted molar refractivity (Wildman–Crippen MR) is 93.6 cm³/mol. The number of aromatic nitrogens is 2. The van der Waals surface area contributed by atoms with Crippen LogP contribution in [0.5, 0.6) is 0 Å². The Labute approximate surface area is 142 Å². The van der Waals surface area contributed by atoms with E-state index < -0.39 is 5.56 Å². The quantitative estimate of drug-likeness (QED) is 0.618. The van der Waals surface area contributed by atoms with E-state index in [1.54, 1.807) is 24.3 Å². The first kappa shape index (κ1) is 16.3. The zero-order valence-electron chi connectivity index (χ0n) is 13.1. The van der Waals surface area contributed by atoms with Gasteiger partial charge in [0.1, 0.15) is 5.82 Å². The molecule has 126 valence electrons. The number of rotatable bonds is 5. The summed E-state index contributed by atoms with van der Waals surface area (Å²) in [6.45, 7) is 0.323. The summed E-state index contributed by atoms with van der Waals surface area (Å²) in [6, 6.07) is 15.0. The van der Waals surface area contributed by atoms with E-state index in [1.165, 1.54) is 12.1 Å². The molecule has 3 rings (SSSR count). The number of nitrogens with one attached hydrogen (secondary N) is 2. The maximum Gasteiger partial charge on any atom is 0.282 e. The lowest BCUT2D eigenvalue weighted by Crippen LogP contribution is -2.14. The zero-order chi connectivity index (χ0) is 17.6. The molecule has 0 aliphatic heterocycles. The Morgan fingerprint density at radius 3 is 2.52 bits per heavy atom. The third-order valence-electron chi connectivity index (χ3n) is 3.31. The molecule has 0 aliphatic carbocycles. The number of benzene rings is 2. The minimum atomic E-state index is -0.506. The SMILES string of the molecule is Nc1nc(NCc2ccc(F)cc2)c(N=Nc2ccccc2)c(=O)[nH]1. The van der Waals surface area contributed by atoms with E-state index in [0.29, 0.717) is 12.2 Å². The molecule has 0 aliphatic rings. The van der Waals surface area contributed by atoms with Crippen LogP contribution in [-0.4, -0.2) is 9.97 Å². The van der Waals surface area contributed by atoms with Crippen LogP contribution >= 0.6 is 0 Å². The van der Waals surface area contributed by atoms with Crippen LogP contribution in [0.3, 0.4) is 0 Å². The van der Waals surface area contributed by atoms with Crippen LogP contribution in [0.15, 0.2) is 69.6 Å². The maximum absolute atomic E-state index is 13.0. The highest BCUT2D eigenvalue weighted by Gasteiger charge is 2.10. The Balaban J connectivity index is 1.86. The Morgan fingerprint density at radius 1 is 1.08 bits per heavy atom.